The lowest BCUT2D eigenvalue weighted by molar-refractivity contribution is 0.925. The SMILES string of the molecule is Cc1ccccc1CCc1nc2ccccc2c2ccccc12. The molecule has 0 unspecified atom stereocenters. The van der Waals surface area contributed by atoms with Crippen LogP contribution in [0.15, 0.2) is 72.8 Å². The van der Waals surface area contributed by atoms with Crippen molar-refractivity contribution in [3.63, 3.8) is 0 Å². The van der Waals surface area contributed by atoms with Crippen LogP contribution in [0.5, 0.6) is 0 Å². The van der Waals surface area contributed by atoms with Crippen molar-refractivity contribution in [2.45, 2.75) is 19.8 Å². The van der Waals surface area contributed by atoms with Crippen molar-refractivity contribution >= 4 is 21.7 Å². The molecule has 23 heavy (non-hydrogen) atoms. The molecule has 0 radical (unpaired) electrons. The highest BCUT2D eigenvalue weighted by Crippen LogP contribution is 2.27. The fraction of sp³-hybridized carbons (Fsp3) is 0.136. The van der Waals surface area contributed by atoms with Crippen molar-refractivity contribution in [2.75, 3.05) is 0 Å². The Hall–Kier alpha value is -2.67. The van der Waals surface area contributed by atoms with Gasteiger partial charge in [0.15, 0.2) is 0 Å². The van der Waals surface area contributed by atoms with Crippen molar-refractivity contribution in [1.82, 2.24) is 4.98 Å². The van der Waals surface area contributed by atoms with Crippen molar-refractivity contribution in [2.24, 2.45) is 0 Å². The van der Waals surface area contributed by atoms with Gasteiger partial charge in [-0.1, -0.05) is 66.7 Å². The highest BCUT2D eigenvalue weighted by molar-refractivity contribution is 6.06. The second-order valence-electron chi connectivity index (χ2n) is 6.05. The Kier molecular flexibility index (Phi) is 3.55. The van der Waals surface area contributed by atoms with E-state index in [0.717, 1.165) is 18.4 Å². The molecule has 0 atom stereocenters. The van der Waals surface area contributed by atoms with Gasteiger partial charge in [0.25, 0.3) is 0 Å². The van der Waals surface area contributed by atoms with Crippen LogP contribution in [0.4, 0.5) is 0 Å². The molecular weight excluding hydrogens is 278 g/mol. The largest absolute Gasteiger partial charge is 0.252 e. The first-order valence-corrected chi connectivity index (χ1v) is 8.14. The molecule has 0 aliphatic heterocycles. The van der Waals surface area contributed by atoms with Gasteiger partial charge in [0.2, 0.25) is 0 Å². The second kappa shape index (κ2) is 5.85. The van der Waals surface area contributed by atoms with E-state index in [1.54, 1.807) is 0 Å². The van der Waals surface area contributed by atoms with Crippen LogP contribution in [0, 0.1) is 6.92 Å². The number of fused-ring (bicyclic) bond motifs is 3. The number of rotatable bonds is 3. The molecule has 4 aromatic rings. The van der Waals surface area contributed by atoms with Crippen LogP contribution in [0.1, 0.15) is 16.8 Å². The van der Waals surface area contributed by atoms with Gasteiger partial charge in [-0.2, -0.15) is 0 Å². The predicted molar refractivity (Wildman–Crippen MR) is 97.8 cm³/mol. The molecule has 0 bridgehead atoms. The highest BCUT2D eigenvalue weighted by Gasteiger charge is 2.08. The number of nitrogens with zero attached hydrogens (tertiary/aromatic N) is 1. The topological polar surface area (TPSA) is 12.9 Å². The number of pyridine rings is 1. The molecule has 112 valence electrons. The average molecular weight is 297 g/mol. The lowest BCUT2D eigenvalue weighted by Gasteiger charge is -2.10. The maximum absolute atomic E-state index is 4.95. The molecule has 4 rings (SSSR count). The summed E-state index contributed by atoms with van der Waals surface area (Å²) in [7, 11) is 0. The molecular formula is C22H19N. The number of benzene rings is 3. The standard InChI is InChI=1S/C22H19N/c1-16-8-2-3-9-17(16)14-15-22-20-11-5-4-10-18(20)19-12-6-7-13-21(19)23-22/h2-13H,14-15H2,1H3. The van der Waals surface area contributed by atoms with E-state index in [4.69, 9.17) is 4.98 Å². The van der Waals surface area contributed by atoms with Gasteiger partial charge in [-0.25, -0.2) is 0 Å². The zero-order valence-corrected chi connectivity index (χ0v) is 13.3. The van der Waals surface area contributed by atoms with Crippen molar-refractivity contribution < 1.29 is 0 Å². The molecule has 0 fully saturated rings. The summed E-state index contributed by atoms with van der Waals surface area (Å²) >= 11 is 0. The van der Waals surface area contributed by atoms with E-state index in [0.29, 0.717) is 0 Å². The van der Waals surface area contributed by atoms with Gasteiger partial charge in [-0.05, 0) is 42.3 Å². The Labute approximate surface area is 136 Å². The van der Waals surface area contributed by atoms with Crippen LogP contribution in [-0.4, -0.2) is 4.98 Å². The second-order valence-corrected chi connectivity index (χ2v) is 6.05. The van der Waals surface area contributed by atoms with Crippen LogP contribution < -0.4 is 0 Å². The fourth-order valence-corrected chi connectivity index (χ4v) is 3.31. The molecule has 0 aliphatic carbocycles. The van der Waals surface area contributed by atoms with Crippen LogP contribution in [0.2, 0.25) is 0 Å². The van der Waals surface area contributed by atoms with Gasteiger partial charge >= 0.3 is 0 Å². The summed E-state index contributed by atoms with van der Waals surface area (Å²) in [5.41, 5.74) is 5.05. The molecule has 0 saturated heterocycles. The third-order valence-corrected chi connectivity index (χ3v) is 4.58. The van der Waals surface area contributed by atoms with Gasteiger partial charge in [0, 0.05) is 16.5 Å². The van der Waals surface area contributed by atoms with Gasteiger partial charge in [-0.3, -0.25) is 4.98 Å². The first-order valence-electron chi connectivity index (χ1n) is 8.14. The number of aryl methyl sites for hydroxylation is 3. The zero-order valence-electron chi connectivity index (χ0n) is 13.3. The molecule has 1 heterocycles. The van der Waals surface area contributed by atoms with Crippen molar-refractivity contribution in [3.05, 3.63) is 89.6 Å². The van der Waals surface area contributed by atoms with E-state index < -0.39 is 0 Å². The summed E-state index contributed by atoms with van der Waals surface area (Å²) in [6.45, 7) is 2.18. The Bertz CT molecular complexity index is 985. The highest BCUT2D eigenvalue weighted by atomic mass is 14.7. The summed E-state index contributed by atoms with van der Waals surface area (Å²) in [5.74, 6) is 0. The van der Waals surface area contributed by atoms with Crippen LogP contribution in [0.3, 0.4) is 0 Å². The molecule has 1 aromatic heterocycles. The zero-order chi connectivity index (χ0) is 15.6. The average Bonchev–Trinajstić information content (AvgIpc) is 2.61. The van der Waals surface area contributed by atoms with Crippen molar-refractivity contribution in [3.8, 4) is 0 Å². The normalized spacial score (nSPS) is 11.2. The summed E-state index contributed by atoms with van der Waals surface area (Å²) in [6.07, 6.45) is 2.00. The van der Waals surface area contributed by atoms with Crippen LogP contribution in [0.25, 0.3) is 21.7 Å². The van der Waals surface area contributed by atoms with E-state index in [9.17, 15) is 0 Å². The third-order valence-electron chi connectivity index (χ3n) is 4.58. The Morgan fingerprint density at radius 2 is 1.30 bits per heavy atom. The first-order chi connectivity index (χ1) is 11.3. The van der Waals surface area contributed by atoms with Gasteiger partial charge in [-0.15, -0.1) is 0 Å². The molecule has 0 spiro atoms. The molecule has 0 aliphatic rings. The van der Waals surface area contributed by atoms with E-state index in [2.05, 4.69) is 79.7 Å². The minimum atomic E-state index is 0.968. The summed E-state index contributed by atoms with van der Waals surface area (Å²) in [4.78, 5) is 4.95. The predicted octanol–water partition coefficient (Wildman–Crippen LogP) is 5.48. The Morgan fingerprint density at radius 1 is 0.652 bits per heavy atom. The Morgan fingerprint density at radius 3 is 2.13 bits per heavy atom. The number of aromatic nitrogens is 1. The molecule has 3 aromatic carbocycles. The third kappa shape index (κ3) is 2.59. The lowest BCUT2D eigenvalue weighted by Crippen LogP contribution is -1.98. The van der Waals surface area contributed by atoms with Crippen molar-refractivity contribution in [1.29, 1.82) is 0 Å². The number of hydrogen-bond donors (Lipinski definition) is 0. The summed E-state index contributed by atoms with van der Waals surface area (Å²) in [5, 5.41) is 3.82. The molecule has 0 amide bonds. The lowest BCUT2D eigenvalue weighted by atomic mass is 9.98. The monoisotopic (exact) mass is 297 g/mol. The van der Waals surface area contributed by atoms with E-state index in [1.165, 1.54) is 33.0 Å². The molecule has 0 N–H and O–H groups in total. The molecule has 1 nitrogen and oxygen atoms in total. The summed E-state index contributed by atoms with van der Waals surface area (Å²) in [6, 6.07) is 25.7. The van der Waals surface area contributed by atoms with Gasteiger partial charge < -0.3 is 0 Å². The smallest absolute Gasteiger partial charge is 0.0711 e. The minimum absolute atomic E-state index is 0.968. The van der Waals surface area contributed by atoms with Crippen LogP contribution in [-0.2, 0) is 12.8 Å². The van der Waals surface area contributed by atoms with E-state index in [1.807, 2.05) is 0 Å². The summed E-state index contributed by atoms with van der Waals surface area (Å²) < 4.78 is 0. The van der Waals surface area contributed by atoms with Gasteiger partial charge in [0.05, 0.1) is 5.52 Å². The molecule has 1 heteroatoms. The van der Waals surface area contributed by atoms with Gasteiger partial charge in [0.1, 0.15) is 0 Å². The quantitative estimate of drug-likeness (QED) is 0.456. The number of hydrogen-bond acceptors (Lipinski definition) is 1. The fourth-order valence-electron chi connectivity index (χ4n) is 3.31. The number of para-hydroxylation sites is 1. The Balaban J connectivity index is 1.81. The maximum atomic E-state index is 4.95. The minimum Gasteiger partial charge on any atom is -0.252 e. The first kappa shape index (κ1) is 14.0. The molecule has 0 saturated carbocycles. The van der Waals surface area contributed by atoms with E-state index >= 15 is 0 Å². The van der Waals surface area contributed by atoms with Crippen LogP contribution >= 0.6 is 0 Å². The van der Waals surface area contributed by atoms with E-state index in [-0.39, 0.29) is 0 Å². The maximum Gasteiger partial charge on any atom is 0.0711 e.